The van der Waals surface area contributed by atoms with E-state index >= 15 is 0 Å². The van der Waals surface area contributed by atoms with E-state index in [1.165, 1.54) is 6.92 Å². The van der Waals surface area contributed by atoms with Crippen molar-refractivity contribution in [2.24, 2.45) is 0 Å². The van der Waals surface area contributed by atoms with Crippen LogP contribution in [0.15, 0.2) is 91.0 Å². The van der Waals surface area contributed by atoms with Crippen molar-refractivity contribution < 1.29 is 9.32 Å². The summed E-state index contributed by atoms with van der Waals surface area (Å²) in [6.07, 6.45) is 0. The van der Waals surface area contributed by atoms with Gasteiger partial charge in [0.25, 0.3) is 0 Å². The molecule has 3 aromatic carbocycles. The number of alkyl halides is 1. The molecule has 0 aliphatic rings. The molecule has 0 fully saturated rings. The quantitative estimate of drug-likeness (QED) is 0.497. The van der Waals surface area contributed by atoms with Crippen LogP contribution < -0.4 is 15.9 Å². The zero-order valence-corrected chi connectivity index (χ0v) is 15.7. The first-order chi connectivity index (χ1) is 12.1. The van der Waals surface area contributed by atoms with Gasteiger partial charge >= 0.3 is 153 Å². The Morgan fingerprint density at radius 2 is 1.08 bits per heavy atom. The monoisotopic (exact) mass is 370 g/mol. The average molecular weight is 371 g/mol. The van der Waals surface area contributed by atoms with Crippen LogP contribution in [0.2, 0.25) is 0 Å². The standard InChI is InChI=1S/C21H20ClO2P/c1-18(23)24-25(17-22,19-11-5-2-6-12-19,20-13-7-3-8-14-20)21-15-9-4-10-16-21/h2-16H,17H2,1H3. The maximum absolute atomic E-state index is 12.3. The molecule has 25 heavy (non-hydrogen) atoms. The predicted molar refractivity (Wildman–Crippen MR) is 108 cm³/mol. The van der Waals surface area contributed by atoms with E-state index in [0.29, 0.717) is 0 Å². The second-order valence-electron chi connectivity index (χ2n) is 5.92. The van der Waals surface area contributed by atoms with Crippen molar-refractivity contribution in [2.45, 2.75) is 6.92 Å². The van der Waals surface area contributed by atoms with Gasteiger partial charge in [-0.15, -0.1) is 0 Å². The van der Waals surface area contributed by atoms with Crippen LogP contribution in [-0.4, -0.2) is 11.6 Å². The van der Waals surface area contributed by atoms with Gasteiger partial charge in [-0.3, -0.25) is 0 Å². The van der Waals surface area contributed by atoms with Crippen molar-refractivity contribution in [3.63, 3.8) is 0 Å². The van der Waals surface area contributed by atoms with Gasteiger partial charge in [0, 0.05) is 0 Å². The number of hydrogen-bond acceptors (Lipinski definition) is 2. The molecule has 0 bridgehead atoms. The third-order valence-electron chi connectivity index (χ3n) is 4.47. The van der Waals surface area contributed by atoms with Crippen LogP contribution in [0.4, 0.5) is 0 Å². The van der Waals surface area contributed by atoms with Gasteiger partial charge in [-0.2, -0.15) is 0 Å². The van der Waals surface area contributed by atoms with Crippen LogP contribution in [0.5, 0.6) is 0 Å². The first-order valence-corrected chi connectivity index (χ1v) is 11.0. The van der Waals surface area contributed by atoms with Gasteiger partial charge < -0.3 is 0 Å². The molecule has 0 aliphatic carbocycles. The summed E-state index contributed by atoms with van der Waals surface area (Å²) < 4.78 is 6.29. The second-order valence-corrected chi connectivity index (χ2v) is 11.0. The molecule has 0 heterocycles. The fraction of sp³-hybridized carbons (Fsp3) is 0.0952. The summed E-state index contributed by atoms with van der Waals surface area (Å²) in [5.74, 6) is -0.338. The third-order valence-corrected chi connectivity index (χ3v) is 11.1. The topological polar surface area (TPSA) is 26.3 Å². The molecule has 0 radical (unpaired) electrons. The first kappa shape index (κ1) is 17.7. The molecule has 0 atom stereocenters. The summed E-state index contributed by atoms with van der Waals surface area (Å²) in [4.78, 5) is 12.3. The van der Waals surface area contributed by atoms with Crippen LogP contribution in [0.3, 0.4) is 0 Å². The summed E-state index contributed by atoms with van der Waals surface area (Å²) >= 11 is 6.71. The maximum atomic E-state index is 12.3. The molecule has 128 valence electrons. The van der Waals surface area contributed by atoms with Crippen LogP contribution in [0, 0.1) is 0 Å². The zero-order valence-electron chi connectivity index (χ0n) is 14.0. The Kier molecular flexibility index (Phi) is 4.94. The number of halogens is 1. The van der Waals surface area contributed by atoms with E-state index in [-0.39, 0.29) is 11.6 Å². The molecule has 3 rings (SSSR count). The Morgan fingerprint density at radius 3 is 1.32 bits per heavy atom. The minimum absolute atomic E-state index is 0.184. The van der Waals surface area contributed by atoms with Crippen molar-refractivity contribution in [3.8, 4) is 0 Å². The van der Waals surface area contributed by atoms with E-state index in [1.807, 2.05) is 91.0 Å². The normalized spacial score (nSPS) is 12.8. The van der Waals surface area contributed by atoms with E-state index in [9.17, 15) is 4.79 Å². The Hall–Kier alpha value is -2.15. The Balaban J connectivity index is 2.50. The Bertz CT molecular complexity index is 751. The summed E-state index contributed by atoms with van der Waals surface area (Å²) in [6, 6.07) is 29.6. The van der Waals surface area contributed by atoms with Gasteiger partial charge in [0.1, 0.15) is 0 Å². The van der Waals surface area contributed by atoms with E-state index < -0.39 is 6.83 Å². The SMILES string of the molecule is CC(=O)OP(CCl)(c1ccccc1)(c1ccccc1)c1ccccc1. The Labute approximate surface area is 153 Å². The summed E-state index contributed by atoms with van der Waals surface area (Å²) in [5, 5.41) is 2.82. The summed E-state index contributed by atoms with van der Waals surface area (Å²) in [6.45, 7) is -2.16. The van der Waals surface area contributed by atoms with Crippen LogP contribution >= 0.6 is 18.4 Å². The molecule has 0 amide bonds. The van der Waals surface area contributed by atoms with Gasteiger partial charge in [-0.25, -0.2) is 0 Å². The van der Waals surface area contributed by atoms with Gasteiger partial charge in [-0.1, -0.05) is 0 Å². The zero-order chi connectivity index (χ0) is 17.8. The molecule has 0 saturated heterocycles. The fourth-order valence-corrected chi connectivity index (χ4v) is 9.39. The molecule has 0 unspecified atom stereocenters. The number of carbonyl (C=O) groups is 1. The molecule has 2 nitrogen and oxygen atoms in total. The van der Waals surface area contributed by atoms with Gasteiger partial charge in [-0.05, 0) is 0 Å². The second kappa shape index (κ2) is 7.00. The van der Waals surface area contributed by atoms with Crippen molar-refractivity contribution in [3.05, 3.63) is 91.0 Å². The molecule has 0 spiro atoms. The van der Waals surface area contributed by atoms with E-state index in [1.54, 1.807) is 0 Å². The van der Waals surface area contributed by atoms with E-state index in [0.717, 1.165) is 15.9 Å². The van der Waals surface area contributed by atoms with Gasteiger partial charge in [0.05, 0.1) is 0 Å². The molecule has 0 saturated carbocycles. The molecular formula is C21H20ClO2P. The predicted octanol–water partition coefficient (Wildman–Crippen LogP) is 4.19. The van der Waals surface area contributed by atoms with Crippen LogP contribution in [0.1, 0.15) is 6.92 Å². The molecule has 0 aliphatic heterocycles. The van der Waals surface area contributed by atoms with Gasteiger partial charge in [0.2, 0.25) is 0 Å². The number of hydrogen-bond donors (Lipinski definition) is 0. The Morgan fingerprint density at radius 1 is 0.760 bits per heavy atom. The molecule has 0 N–H and O–H groups in total. The molecule has 3 aromatic rings. The van der Waals surface area contributed by atoms with Crippen molar-refractivity contribution in [1.82, 2.24) is 0 Å². The first-order valence-electron chi connectivity index (χ1n) is 8.08. The average Bonchev–Trinajstić information content (AvgIpc) is 2.68. The van der Waals surface area contributed by atoms with Crippen LogP contribution in [-0.2, 0) is 9.32 Å². The van der Waals surface area contributed by atoms with Crippen molar-refractivity contribution >= 4 is 40.3 Å². The number of benzene rings is 3. The number of rotatable bonds is 5. The summed E-state index contributed by atoms with van der Waals surface area (Å²) in [7, 11) is 0. The van der Waals surface area contributed by atoms with Crippen molar-refractivity contribution in [1.29, 1.82) is 0 Å². The fourth-order valence-electron chi connectivity index (χ4n) is 3.35. The molecule has 4 heteroatoms. The summed E-state index contributed by atoms with van der Waals surface area (Å²) in [5.41, 5.74) is 0.184. The minimum atomic E-state index is -3.61. The molecular weight excluding hydrogens is 351 g/mol. The van der Waals surface area contributed by atoms with E-state index in [2.05, 4.69) is 0 Å². The molecule has 0 aromatic heterocycles. The van der Waals surface area contributed by atoms with Gasteiger partial charge in [0.15, 0.2) is 0 Å². The number of carbonyl (C=O) groups excluding carboxylic acids is 1. The van der Waals surface area contributed by atoms with E-state index in [4.69, 9.17) is 16.1 Å². The third kappa shape index (κ3) is 2.76. The van der Waals surface area contributed by atoms with Crippen LogP contribution in [0.25, 0.3) is 0 Å². The van der Waals surface area contributed by atoms with Crippen molar-refractivity contribution in [2.75, 3.05) is 5.62 Å².